The lowest BCUT2D eigenvalue weighted by atomic mass is 10.1. The van der Waals surface area contributed by atoms with E-state index in [1.165, 1.54) is 12.1 Å². The van der Waals surface area contributed by atoms with Crippen molar-refractivity contribution in [1.29, 1.82) is 0 Å². The molecular formula is C16H17NO3. The Kier molecular flexibility index (Phi) is 4.74. The number of carbonyl (C=O) groups excluding carboxylic acids is 1. The number of phenolic OH excluding ortho intramolecular Hbond substituents is 1. The van der Waals surface area contributed by atoms with Crippen LogP contribution in [0.15, 0.2) is 54.6 Å². The third kappa shape index (κ3) is 3.83. The number of hydrogen-bond acceptors (Lipinski definition) is 3. The number of benzene rings is 2. The molecule has 0 radical (unpaired) electrons. The summed E-state index contributed by atoms with van der Waals surface area (Å²) in [4.78, 5) is 12.0. The Morgan fingerprint density at radius 2 is 1.70 bits per heavy atom. The summed E-state index contributed by atoms with van der Waals surface area (Å²) in [6.07, 6.45) is 0.571. The summed E-state index contributed by atoms with van der Waals surface area (Å²) in [5.74, 6) is -0.149. The minimum atomic E-state index is -0.335. The summed E-state index contributed by atoms with van der Waals surface area (Å²) in [5, 5.41) is 21.3. The first-order valence-corrected chi connectivity index (χ1v) is 6.43. The van der Waals surface area contributed by atoms with Crippen LogP contribution in [-0.2, 0) is 6.42 Å². The lowest BCUT2D eigenvalue weighted by Crippen LogP contribution is -2.39. The number of aromatic hydroxyl groups is 1. The quantitative estimate of drug-likeness (QED) is 0.775. The second-order valence-corrected chi connectivity index (χ2v) is 4.59. The monoisotopic (exact) mass is 271 g/mol. The fraction of sp³-hybridized carbons (Fsp3) is 0.188. The molecule has 0 saturated carbocycles. The van der Waals surface area contributed by atoms with Gasteiger partial charge in [-0.15, -0.1) is 0 Å². The van der Waals surface area contributed by atoms with Crippen LogP contribution in [0, 0.1) is 0 Å². The molecule has 0 aromatic heterocycles. The zero-order valence-electron chi connectivity index (χ0n) is 11.0. The van der Waals surface area contributed by atoms with E-state index in [4.69, 9.17) is 0 Å². The SMILES string of the molecule is O=C(N[C@H](CO)Cc1ccccc1)c1ccc(O)cc1. The average molecular weight is 271 g/mol. The van der Waals surface area contributed by atoms with E-state index in [1.807, 2.05) is 30.3 Å². The Hall–Kier alpha value is -2.33. The van der Waals surface area contributed by atoms with E-state index in [9.17, 15) is 15.0 Å². The van der Waals surface area contributed by atoms with Crippen molar-refractivity contribution < 1.29 is 15.0 Å². The molecular weight excluding hydrogens is 254 g/mol. The molecule has 0 fully saturated rings. The van der Waals surface area contributed by atoms with Gasteiger partial charge in [0.1, 0.15) is 5.75 Å². The van der Waals surface area contributed by atoms with Crippen molar-refractivity contribution in [2.45, 2.75) is 12.5 Å². The van der Waals surface area contributed by atoms with Gasteiger partial charge in [0, 0.05) is 5.56 Å². The predicted molar refractivity (Wildman–Crippen MR) is 76.6 cm³/mol. The number of aliphatic hydroxyl groups is 1. The summed E-state index contributed by atoms with van der Waals surface area (Å²) < 4.78 is 0. The number of amides is 1. The first-order chi connectivity index (χ1) is 9.69. The summed E-state index contributed by atoms with van der Waals surface area (Å²) in [6, 6.07) is 15.3. The Morgan fingerprint density at radius 3 is 2.30 bits per heavy atom. The molecule has 4 heteroatoms. The molecule has 0 spiro atoms. The summed E-state index contributed by atoms with van der Waals surface area (Å²) in [5.41, 5.74) is 1.51. The highest BCUT2D eigenvalue weighted by Gasteiger charge is 2.13. The number of aliphatic hydroxyl groups excluding tert-OH is 1. The fourth-order valence-corrected chi connectivity index (χ4v) is 1.94. The van der Waals surface area contributed by atoms with Gasteiger partial charge in [0.2, 0.25) is 0 Å². The highest BCUT2D eigenvalue weighted by molar-refractivity contribution is 5.94. The van der Waals surface area contributed by atoms with Crippen LogP contribution in [0.4, 0.5) is 0 Å². The molecule has 0 heterocycles. The van der Waals surface area contributed by atoms with Gasteiger partial charge in [-0.1, -0.05) is 30.3 Å². The molecule has 104 valence electrons. The molecule has 0 aliphatic carbocycles. The minimum absolute atomic E-state index is 0.115. The molecule has 20 heavy (non-hydrogen) atoms. The zero-order chi connectivity index (χ0) is 14.4. The minimum Gasteiger partial charge on any atom is -0.508 e. The van der Waals surface area contributed by atoms with Crippen LogP contribution in [0.3, 0.4) is 0 Å². The van der Waals surface area contributed by atoms with Crippen molar-refractivity contribution in [2.24, 2.45) is 0 Å². The molecule has 0 saturated heterocycles. The van der Waals surface area contributed by atoms with Gasteiger partial charge >= 0.3 is 0 Å². The fourth-order valence-electron chi connectivity index (χ4n) is 1.94. The highest BCUT2D eigenvalue weighted by Crippen LogP contribution is 2.10. The Labute approximate surface area is 117 Å². The van der Waals surface area contributed by atoms with Gasteiger partial charge in [-0.25, -0.2) is 0 Å². The van der Waals surface area contributed by atoms with Crippen LogP contribution >= 0.6 is 0 Å². The van der Waals surface area contributed by atoms with Gasteiger partial charge in [0.25, 0.3) is 5.91 Å². The molecule has 0 bridgehead atoms. The summed E-state index contributed by atoms with van der Waals surface area (Å²) in [6.45, 7) is -0.126. The molecule has 0 aliphatic heterocycles. The second-order valence-electron chi connectivity index (χ2n) is 4.59. The number of carbonyl (C=O) groups is 1. The van der Waals surface area contributed by atoms with Gasteiger partial charge in [-0.05, 0) is 36.2 Å². The van der Waals surface area contributed by atoms with Crippen molar-refractivity contribution in [3.05, 3.63) is 65.7 Å². The standard InChI is InChI=1S/C16H17NO3/c18-11-14(10-12-4-2-1-3-5-12)17-16(20)13-6-8-15(19)9-7-13/h1-9,14,18-19H,10-11H2,(H,17,20)/t14-/m0/s1. The Balaban J connectivity index is 1.99. The number of nitrogens with one attached hydrogen (secondary N) is 1. The van der Waals surface area contributed by atoms with Crippen molar-refractivity contribution in [3.63, 3.8) is 0 Å². The van der Waals surface area contributed by atoms with Crippen LogP contribution in [0.25, 0.3) is 0 Å². The number of rotatable bonds is 5. The van der Waals surface area contributed by atoms with Crippen LogP contribution in [0.2, 0.25) is 0 Å². The Bertz CT molecular complexity index is 552. The van der Waals surface area contributed by atoms with Gasteiger partial charge in [0.15, 0.2) is 0 Å². The predicted octanol–water partition coefficient (Wildman–Crippen LogP) is 1.73. The lowest BCUT2D eigenvalue weighted by molar-refractivity contribution is 0.0916. The second kappa shape index (κ2) is 6.73. The van der Waals surface area contributed by atoms with Crippen LogP contribution in [0.5, 0.6) is 5.75 Å². The number of phenols is 1. The smallest absolute Gasteiger partial charge is 0.251 e. The van der Waals surface area contributed by atoms with Crippen LogP contribution in [-0.4, -0.2) is 28.8 Å². The van der Waals surface area contributed by atoms with E-state index in [-0.39, 0.29) is 24.3 Å². The number of hydrogen-bond donors (Lipinski definition) is 3. The van der Waals surface area contributed by atoms with Crippen LogP contribution in [0.1, 0.15) is 15.9 Å². The van der Waals surface area contributed by atoms with E-state index < -0.39 is 0 Å². The van der Waals surface area contributed by atoms with Crippen molar-refractivity contribution in [3.8, 4) is 5.75 Å². The summed E-state index contributed by atoms with van der Waals surface area (Å²) >= 11 is 0. The van der Waals surface area contributed by atoms with Crippen LogP contribution < -0.4 is 5.32 Å². The maximum Gasteiger partial charge on any atom is 0.251 e. The van der Waals surface area contributed by atoms with E-state index in [1.54, 1.807) is 12.1 Å². The third-order valence-electron chi connectivity index (χ3n) is 3.01. The summed E-state index contributed by atoms with van der Waals surface area (Å²) in [7, 11) is 0. The topological polar surface area (TPSA) is 69.6 Å². The molecule has 0 aliphatic rings. The van der Waals surface area contributed by atoms with Crippen molar-refractivity contribution in [2.75, 3.05) is 6.61 Å². The van der Waals surface area contributed by atoms with Gasteiger partial charge in [-0.3, -0.25) is 4.79 Å². The van der Waals surface area contributed by atoms with Crippen molar-refractivity contribution >= 4 is 5.91 Å². The molecule has 1 amide bonds. The van der Waals surface area contributed by atoms with E-state index >= 15 is 0 Å². The maximum atomic E-state index is 12.0. The maximum absolute atomic E-state index is 12.0. The molecule has 1 atom stereocenters. The molecule has 4 nitrogen and oxygen atoms in total. The van der Waals surface area contributed by atoms with E-state index in [2.05, 4.69) is 5.32 Å². The normalized spacial score (nSPS) is 11.8. The molecule has 2 aromatic rings. The van der Waals surface area contributed by atoms with E-state index in [0.717, 1.165) is 5.56 Å². The molecule has 0 unspecified atom stereocenters. The van der Waals surface area contributed by atoms with Gasteiger partial charge in [0.05, 0.1) is 12.6 Å². The third-order valence-corrected chi connectivity index (χ3v) is 3.01. The largest absolute Gasteiger partial charge is 0.508 e. The zero-order valence-corrected chi connectivity index (χ0v) is 11.0. The highest BCUT2D eigenvalue weighted by atomic mass is 16.3. The first-order valence-electron chi connectivity index (χ1n) is 6.43. The lowest BCUT2D eigenvalue weighted by Gasteiger charge is -2.16. The average Bonchev–Trinajstić information content (AvgIpc) is 2.48. The first kappa shape index (κ1) is 14.1. The van der Waals surface area contributed by atoms with E-state index in [0.29, 0.717) is 12.0 Å². The molecule has 2 rings (SSSR count). The van der Waals surface area contributed by atoms with Gasteiger partial charge < -0.3 is 15.5 Å². The Morgan fingerprint density at radius 1 is 1.05 bits per heavy atom. The molecule has 3 N–H and O–H groups in total. The molecule has 2 aromatic carbocycles. The van der Waals surface area contributed by atoms with Gasteiger partial charge in [-0.2, -0.15) is 0 Å². The van der Waals surface area contributed by atoms with Crippen molar-refractivity contribution in [1.82, 2.24) is 5.32 Å².